The summed E-state index contributed by atoms with van der Waals surface area (Å²) >= 11 is 0. The standard InChI is InChI=1S/C14H15F3N2O3/c1-22-11(20)13(7-8-13)19-12(21)18-10(14(15,16)17)9-5-3-2-4-6-9/h2-6,10H,7-8H2,1H3,(H2,18,19,21)/t10-/m1/s1. The van der Waals surface area contributed by atoms with Crippen LogP contribution in [0.15, 0.2) is 30.3 Å². The lowest BCUT2D eigenvalue weighted by molar-refractivity contribution is -0.155. The minimum atomic E-state index is -4.65. The van der Waals surface area contributed by atoms with Gasteiger partial charge in [0.2, 0.25) is 0 Å². The van der Waals surface area contributed by atoms with Gasteiger partial charge in [-0.25, -0.2) is 9.59 Å². The highest BCUT2D eigenvalue weighted by Crippen LogP contribution is 2.37. The molecule has 0 spiro atoms. The first kappa shape index (κ1) is 16.1. The van der Waals surface area contributed by atoms with Crippen molar-refractivity contribution in [1.29, 1.82) is 0 Å². The van der Waals surface area contributed by atoms with E-state index in [0.717, 1.165) is 7.11 Å². The van der Waals surface area contributed by atoms with Gasteiger partial charge in [0.15, 0.2) is 6.04 Å². The lowest BCUT2D eigenvalue weighted by Crippen LogP contribution is -2.51. The average molecular weight is 316 g/mol. The maximum absolute atomic E-state index is 13.1. The Balaban J connectivity index is 2.09. The van der Waals surface area contributed by atoms with Gasteiger partial charge in [0.05, 0.1) is 7.11 Å². The van der Waals surface area contributed by atoms with Crippen molar-refractivity contribution in [2.45, 2.75) is 30.6 Å². The molecule has 1 aliphatic rings. The zero-order chi connectivity index (χ0) is 16.4. The summed E-state index contributed by atoms with van der Waals surface area (Å²) in [5.41, 5.74) is -1.29. The molecule has 0 unspecified atom stereocenters. The van der Waals surface area contributed by atoms with E-state index in [4.69, 9.17) is 0 Å². The molecule has 2 N–H and O–H groups in total. The minimum Gasteiger partial charge on any atom is -0.467 e. The molecule has 22 heavy (non-hydrogen) atoms. The van der Waals surface area contributed by atoms with Crippen molar-refractivity contribution in [3.05, 3.63) is 35.9 Å². The number of methoxy groups -OCH3 is 1. The predicted octanol–water partition coefficient (Wildman–Crippen LogP) is 2.29. The molecule has 5 nitrogen and oxygen atoms in total. The minimum absolute atomic E-state index is 0.0898. The number of hydrogen-bond donors (Lipinski definition) is 2. The van der Waals surface area contributed by atoms with E-state index in [9.17, 15) is 22.8 Å². The molecular weight excluding hydrogens is 301 g/mol. The largest absolute Gasteiger partial charge is 0.467 e. The first-order valence-electron chi connectivity index (χ1n) is 6.57. The highest BCUT2D eigenvalue weighted by Gasteiger charge is 2.53. The summed E-state index contributed by atoms with van der Waals surface area (Å²) in [6.07, 6.45) is -3.97. The lowest BCUT2D eigenvalue weighted by Gasteiger charge is -2.23. The first-order valence-corrected chi connectivity index (χ1v) is 6.57. The molecule has 1 atom stereocenters. The average Bonchev–Trinajstić information content (AvgIpc) is 3.24. The number of hydrogen-bond acceptors (Lipinski definition) is 3. The smallest absolute Gasteiger partial charge is 0.412 e. The molecule has 0 radical (unpaired) electrons. The fraction of sp³-hybridized carbons (Fsp3) is 0.429. The van der Waals surface area contributed by atoms with Gasteiger partial charge in [-0.3, -0.25) is 0 Å². The first-order chi connectivity index (χ1) is 10.3. The lowest BCUT2D eigenvalue weighted by atomic mass is 10.1. The van der Waals surface area contributed by atoms with E-state index in [1.807, 2.05) is 5.32 Å². The van der Waals surface area contributed by atoms with Gasteiger partial charge in [0.25, 0.3) is 0 Å². The summed E-state index contributed by atoms with van der Waals surface area (Å²) in [7, 11) is 1.16. The van der Waals surface area contributed by atoms with Crippen LogP contribution in [0.2, 0.25) is 0 Å². The molecule has 2 amide bonds. The molecule has 0 bridgehead atoms. The topological polar surface area (TPSA) is 67.4 Å². The second-order valence-corrected chi connectivity index (χ2v) is 5.06. The SMILES string of the molecule is COC(=O)C1(NC(=O)N[C@H](c2ccccc2)C(F)(F)F)CC1. The Hall–Kier alpha value is -2.25. The van der Waals surface area contributed by atoms with Crippen molar-refractivity contribution in [3.8, 4) is 0 Å². The van der Waals surface area contributed by atoms with Crippen LogP contribution in [0.5, 0.6) is 0 Å². The highest BCUT2D eigenvalue weighted by molar-refractivity contribution is 5.90. The van der Waals surface area contributed by atoms with E-state index in [-0.39, 0.29) is 5.56 Å². The maximum atomic E-state index is 13.1. The van der Waals surface area contributed by atoms with E-state index >= 15 is 0 Å². The molecule has 120 valence electrons. The number of urea groups is 1. The summed E-state index contributed by atoms with van der Waals surface area (Å²) in [6.45, 7) is 0. The van der Waals surface area contributed by atoms with Crippen LogP contribution in [0, 0.1) is 0 Å². The van der Waals surface area contributed by atoms with Crippen molar-refractivity contribution < 1.29 is 27.5 Å². The van der Waals surface area contributed by atoms with Crippen LogP contribution in [0.4, 0.5) is 18.0 Å². The molecule has 1 aliphatic carbocycles. The van der Waals surface area contributed by atoms with Gasteiger partial charge in [-0.05, 0) is 18.4 Å². The zero-order valence-electron chi connectivity index (χ0n) is 11.7. The predicted molar refractivity (Wildman–Crippen MR) is 70.9 cm³/mol. The third kappa shape index (κ3) is 3.49. The normalized spacial score (nSPS) is 17.3. The zero-order valence-corrected chi connectivity index (χ0v) is 11.7. The molecule has 1 aromatic carbocycles. The van der Waals surface area contributed by atoms with Crippen LogP contribution in [0.25, 0.3) is 0 Å². The van der Waals surface area contributed by atoms with Gasteiger partial charge in [-0.1, -0.05) is 30.3 Å². The molecule has 0 heterocycles. The number of ether oxygens (including phenoxy) is 1. The van der Waals surface area contributed by atoms with Crippen LogP contribution in [-0.4, -0.2) is 30.8 Å². The Kier molecular flexibility index (Phi) is 4.30. The van der Waals surface area contributed by atoms with Gasteiger partial charge in [-0.15, -0.1) is 0 Å². The monoisotopic (exact) mass is 316 g/mol. The second-order valence-electron chi connectivity index (χ2n) is 5.06. The number of benzene rings is 1. The molecule has 0 saturated heterocycles. The summed E-state index contributed by atoms with van der Waals surface area (Å²) < 4.78 is 43.8. The fourth-order valence-corrected chi connectivity index (χ4v) is 2.08. The number of nitrogens with one attached hydrogen (secondary N) is 2. The van der Waals surface area contributed by atoms with Gasteiger partial charge in [-0.2, -0.15) is 13.2 Å². The Morgan fingerprint density at radius 3 is 2.27 bits per heavy atom. The molecule has 0 aliphatic heterocycles. The summed E-state index contributed by atoms with van der Waals surface area (Å²) in [5, 5.41) is 4.13. The van der Waals surface area contributed by atoms with E-state index in [0.29, 0.717) is 12.8 Å². The van der Waals surface area contributed by atoms with E-state index < -0.39 is 29.8 Å². The number of carbonyl (C=O) groups excluding carboxylic acids is 2. The molecule has 1 fully saturated rings. The van der Waals surface area contributed by atoms with Gasteiger partial charge in [0.1, 0.15) is 5.54 Å². The fourth-order valence-electron chi connectivity index (χ4n) is 2.08. The van der Waals surface area contributed by atoms with Crippen LogP contribution in [-0.2, 0) is 9.53 Å². The molecule has 1 saturated carbocycles. The number of esters is 1. The molecule has 1 aromatic rings. The van der Waals surface area contributed by atoms with Crippen molar-refractivity contribution in [3.63, 3.8) is 0 Å². The Morgan fingerprint density at radius 2 is 1.82 bits per heavy atom. The van der Waals surface area contributed by atoms with Gasteiger partial charge < -0.3 is 15.4 Å². The Bertz CT molecular complexity index is 556. The summed E-state index contributed by atoms with van der Waals surface area (Å²) in [6, 6.07) is 3.80. The van der Waals surface area contributed by atoms with Crippen molar-refractivity contribution in [2.24, 2.45) is 0 Å². The maximum Gasteiger partial charge on any atom is 0.412 e. The van der Waals surface area contributed by atoms with Crippen LogP contribution in [0.1, 0.15) is 24.4 Å². The Labute approximate surface area is 124 Å². The number of amides is 2. The molecule has 8 heteroatoms. The van der Waals surface area contributed by atoms with Crippen molar-refractivity contribution in [2.75, 3.05) is 7.11 Å². The van der Waals surface area contributed by atoms with Crippen molar-refractivity contribution in [1.82, 2.24) is 10.6 Å². The van der Waals surface area contributed by atoms with Crippen molar-refractivity contribution >= 4 is 12.0 Å². The van der Waals surface area contributed by atoms with Gasteiger partial charge >= 0.3 is 18.2 Å². The van der Waals surface area contributed by atoms with E-state index in [1.54, 1.807) is 6.07 Å². The summed E-state index contributed by atoms with van der Waals surface area (Å²) in [5.74, 6) is -0.661. The molecule has 2 rings (SSSR count). The third-order valence-corrected chi connectivity index (χ3v) is 3.41. The third-order valence-electron chi connectivity index (χ3n) is 3.41. The van der Waals surface area contributed by atoms with Crippen LogP contribution >= 0.6 is 0 Å². The number of carbonyl (C=O) groups is 2. The second kappa shape index (κ2) is 5.86. The molecular formula is C14H15F3N2O3. The molecule has 0 aromatic heterocycles. The highest BCUT2D eigenvalue weighted by atomic mass is 19.4. The summed E-state index contributed by atoms with van der Waals surface area (Å²) in [4.78, 5) is 23.3. The quantitative estimate of drug-likeness (QED) is 0.838. The number of halogens is 3. The van der Waals surface area contributed by atoms with E-state index in [2.05, 4.69) is 10.1 Å². The van der Waals surface area contributed by atoms with E-state index in [1.165, 1.54) is 24.3 Å². The number of rotatable bonds is 4. The number of alkyl halides is 3. The van der Waals surface area contributed by atoms with Crippen LogP contribution in [0.3, 0.4) is 0 Å². The van der Waals surface area contributed by atoms with Gasteiger partial charge in [0, 0.05) is 0 Å². The Morgan fingerprint density at radius 1 is 1.23 bits per heavy atom. The van der Waals surface area contributed by atoms with Crippen LogP contribution < -0.4 is 10.6 Å².